The second-order valence-corrected chi connectivity index (χ2v) is 8.20. The van der Waals surface area contributed by atoms with Gasteiger partial charge in [-0.15, -0.1) is 10.2 Å². The van der Waals surface area contributed by atoms with Gasteiger partial charge in [-0.25, -0.2) is 0 Å². The molecule has 1 atom stereocenters. The number of amides is 1. The van der Waals surface area contributed by atoms with Crippen LogP contribution in [0.4, 0.5) is 0 Å². The fraction of sp³-hybridized carbons (Fsp3) is 0.269. The molecule has 1 saturated heterocycles. The van der Waals surface area contributed by atoms with Crippen molar-refractivity contribution in [3.8, 4) is 11.5 Å². The Labute approximate surface area is 192 Å². The van der Waals surface area contributed by atoms with Gasteiger partial charge in [0, 0.05) is 25.2 Å². The SMILES string of the molecule is O=C(COc1ccc(OCc2ccccc2)cc1)N1CCCC(c2nnc3ccccn23)C1. The number of piperidine rings is 1. The molecule has 0 N–H and O–H groups in total. The smallest absolute Gasteiger partial charge is 0.260 e. The Balaban J connectivity index is 1.14. The number of aromatic nitrogens is 3. The number of hydrogen-bond acceptors (Lipinski definition) is 5. The Morgan fingerprint density at radius 1 is 0.909 bits per heavy atom. The van der Waals surface area contributed by atoms with Gasteiger partial charge < -0.3 is 14.4 Å². The van der Waals surface area contributed by atoms with Crippen LogP contribution in [0.2, 0.25) is 0 Å². The van der Waals surface area contributed by atoms with E-state index < -0.39 is 0 Å². The zero-order valence-electron chi connectivity index (χ0n) is 18.3. The molecule has 33 heavy (non-hydrogen) atoms. The van der Waals surface area contributed by atoms with E-state index in [4.69, 9.17) is 9.47 Å². The summed E-state index contributed by atoms with van der Waals surface area (Å²) in [5.74, 6) is 2.47. The van der Waals surface area contributed by atoms with Gasteiger partial charge in [0.15, 0.2) is 12.3 Å². The highest BCUT2D eigenvalue weighted by Crippen LogP contribution is 2.26. The van der Waals surface area contributed by atoms with E-state index in [0.717, 1.165) is 42.2 Å². The van der Waals surface area contributed by atoms with Crippen LogP contribution in [0.1, 0.15) is 30.1 Å². The Morgan fingerprint density at radius 3 is 2.48 bits per heavy atom. The molecule has 0 aliphatic carbocycles. The average molecular weight is 443 g/mol. The van der Waals surface area contributed by atoms with Crippen LogP contribution < -0.4 is 9.47 Å². The monoisotopic (exact) mass is 442 g/mol. The molecule has 0 radical (unpaired) electrons. The quantitative estimate of drug-likeness (QED) is 0.431. The van der Waals surface area contributed by atoms with E-state index in [1.807, 2.05) is 88.3 Å². The molecule has 0 spiro atoms. The molecule has 2 aromatic heterocycles. The normalized spacial score (nSPS) is 16.0. The van der Waals surface area contributed by atoms with Crippen LogP contribution in [0, 0.1) is 0 Å². The molecule has 5 rings (SSSR count). The zero-order chi connectivity index (χ0) is 22.5. The van der Waals surface area contributed by atoms with E-state index in [0.29, 0.717) is 18.9 Å². The van der Waals surface area contributed by atoms with Crippen molar-refractivity contribution in [1.29, 1.82) is 0 Å². The zero-order valence-corrected chi connectivity index (χ0v) is 18.3. The maximum absolute atomic E-state index is 12.8. The van der Waals surface area contributed by atoms with Crippen molar-refractivity contribution in [2.75, 3.05) is 19.7 Å². The first-order valence-corrected chi connectivity index (χ1v) is 11.2. The average Bonchev–Trinajstić information content (AvgIpc) is 3.32. The lowest BCUT2D eigenvalue weighted by molar-refractivity contribution is -0.134. The molecule has 3 heterocycles. The summed E-state index contributed by atoms with van der Waals surface area (Å²) in [4.78, 5) is 14.7. The molecule has 168 valence electrons. The molecule has 7 heteroatoms. The van der Waals surface area contributed by atoms with E-state index >= 15 is 0 Å². The summed E-state index contributed by atoms with van der Waals surface area (Å²) in [7, 11) is 0. The number of ether oxygens (including phenoxy) is 2. The molecule has 1 unspecified atom stereocenters. The number of rotatable bonds is 7. The molecule has 1 aliphatic rings. The fourth-order valence-electron chi connectivity index (χ4n) is 4.16. The third-order valence-electron chi connectivity index (χ3n) is 5.91. The highest BCUT2D eigenvalue weighted by Gasteiger charge is 2.28. The molecular formula is C26H26N4O3. The molecule has 2 aromatic carbocycles. The lowest BCUT2D eigenvalue weighted by Crippen LogP contribution is -2.42. The van der Waals surface area contributed by atoms with Gasteiger partial charge in [0.2, 0.25) is 0 Å². The largest absolute Gasteiger partial charge is 0.489 e. The van der Waals surface area contributed by atoms with Gasteiger partial charge in [0.25, 0.3) is 5.91 Å². The second kappa shape index (κ2) is 9.73. The van der Waals surface area contributed by atoms with Crippen molar-refractivity contribution in [2.24, 2.45) is 0 Å². The number of hydrogen-bond donors (Lipinski definition) is 0. The van der Waals surface area contributed by atoms with Gasteiger partial charge in [0.1, 0.15) is 23.9 Å². The summed E-state index contributed by atoms with van der Waals surface area (Å²) in [6, 6.07) is 23.2. The van der Waals surface area contributed by atoms with Crippen molar-refractivity contribution in [1.82, 2.24) is 19.5 Å². The van der Waals surface area contributed by atoms with Crippen LogP contribution in [-0.4, -0.2) is 45.1 Å². The maximum Gasteiger partial charge on any atom is 0.260 e. The minimum Gasteiger partial charge on any atom is -0.489 e. The van der Waals surface area contributed by atoms with Gasteiger partial charge in [-0.2, -0.15) is 0 Å². The van der Waals surface area contributed by atoms with Gasteiger partial charge >= 0.3 is 0 Å². The first-order chi connectivity index (χ1) is 16.3. The number of fused-ring (bicyclic) bond motifs is 1. The lowest BCUT2D eigenvalue weighted by Gasteiger charge is -2.31. The topological polar surface area (TPSA) is 69.0 Å². The summed E-state index contributed by atoms with van der Waals surface area (Å²) in [5, 5.41) is 8.63. The van der Waals surface area contributed by atoms with E-state index in [9.17, 15) is 4.79 Å². The van der Waals surface area contributed by atoms with Gasteiger partial charge in [0.05, 0.1) is 0 Å². The highest BCUT2D eigenvalue weighted by atomic mass is 16.5. The number of likely N-dealkylation sites (tertiary alicyclic amines) is 1. The predicted octanol–water partition coefficient (Wildman–Crippen LogP) is 4.09. The molecule has 1 fully saturated rings. The Hall–Kier alpha value is -3.87. The second-order valence-electron chi connectivity index (χ2n) is 8.20. The molecule has 1 amide bonds. The number of pyridine rings is 1. The van der Waals surface area contributed by atoms with E-state index in [2.05, 4.69) is 10.2 Å². The lowest BCUT2D eigenvalue weighted by atomic mass is 9.97. The molecule has 0 bridgehead atoms. The summed E-state index contributed by atoms with van der Waals surface area (Å²) in [6.07, 6.45) is 3.90. The van der Waals surface area contributed by atoms with Crippen LogP contribution in [0.15, 0.2) is 79.0 Å². The number of carbonyl (C=O) groups is 1. The van der Waals surface area contributed by atoms with Crippen molar-refractivity contribution in [3.63, 3.8) is 0 Å². The van der Waals surface area contributed by atoms with Crippen molar-refractivity contribution < 1.29 is 14.3 Å². The van der Waals surface area contributed by atoms with E-state index in [1.54, 1.807) is 0 Å². The van der Waals surface area contributed by atoms with Crippen LogP contribution in [-0.2, 0) is 11.4 Å². The highest BCUT2D eigenvalue weighted by molar-refractivity contribution is 5.78. The molecular weight excluding hydrogens is 416 g/mol. The third-order valence-corrected chi connectivity index (χ3v) is 5.91. The Kier molecular flexibility index (Phi) is 6.19. The van der Waals surface area contributed by atoms with E-state index in [-0.39, 0.29) is 18.4 Å². The Bertz CT molecular complexity index is 1210. The van der Waals surface area contributed by atoms with Crippen LogP contribution in [0.25, 0.3) is 5.65 Å². The van der Waals surface area contributed by atoms with E-state index in [1.165, 1.54) is 0 Å². The number of benzene rings is 2. The van der Waals surface area contributed by atoms with Crippen LogP contribution in [0.5, 0.6) is 11.5 Å². The van der Waals surface area contributed by atoms with Crippen LogP contribution in [0.3, 0.4) is 0 Å². The molecule has 7 nitrogen and oxygen atoms in total. The maximum atomic E-state index is 12.8. The number of carbonyl (C=O) groups excluding carboxylic acids is 1. The van der Waals surface area contributed by atoms with Crippen molar-refractivity contribution in [3.05, 3.63) is 90.4 Å². The summed E-state index contributed by atoms with van der Waals surface area (Å²) >= 11 is 0. The van der Waals surface area contributed by atoms with Gasteiger partial charge in [-0.1, -0.05) is 36.4 Å². The van der Waals surface area contributed by atoms with Gasteiger partial charge in [-0.05, 0) is 54.8 Å². The van der Waals surface area contributed by atoms with Crippen molar-refractivity contribution >= 4 is 11.6 Å². The predicted molar refractivity (Wildman–Crippen MR) is 124 cm³/mol. The minimum absolute atomic E-state index is 0.0114. The molecule has 4 aromatic rings. The molecule has 0 saturated carbocycles. The first-order valence-electron chi connectivity index (χ1n) is 11.2. The number of nitrogens with zero attached hydrogens (tertiary/aromatic N) is 4. The molecule has 1 aliphatic heterocycles. The summed E-state index contributed by atoms with van der Waals surface area (Å²) in [5.41, 5.74) is 1.94. The third kappa shape index (κ3) is 4.98. The fourth-order valence-corrected chi connectivity index (χ4v) is 4.16. The van der Waals surface area contributed by atoms with Crippen LogP contribution >= 0.6 is 0 Å². The first kappa shape index (κ1) is 21.0. The minimum atomic E-state index is -0.0158. The van der Waals surface area contributed by atoms with Gasteiger partial charge in [-0.3, -0.25) is 9.20 Å². The standard InChI is InChI=1S/C26H26N4O3/c31-25(19-33-23-13-11-22(12-14-23)32-18-20-7-2-1-3-8-20)29-15-6-9-21(17-29)26-28-27-24-10-4-5-16-30(24)26/h1-5,7-8,10-14,16,21H,6,9,15,17-19H2. The summed E-state index contributed by atoms with van der Waals surface area (Å²) in [6.45, 7) is 1.89. The Morgan fingerprint density at radius 2 is 1.67 bits per heavy atom. The summed E-state index contributed by atoms with van der Waals surface area (Å²) < 4.78 is 13.6. The van der Waals surface area contributed by atoms with Crippen molar-refractivity contribution in [2.45, 2.75) is 25.4 Å².